The van der Waals surface area contributed by atoms with Crippen molar-refractivity contribution in [3.63, 3.8) is 0 Å². The number of benzene rings is 1. The van der Waals surface area contributed by atoms with Gasteiger partial charge in [-0.05, 0) is 30.5 Å². The monoisotopic (exact) mass is 425 g/mol. The van der Waals surface area contributed by atoms with Crippen LogP contribution in [-0.2, 0) is 30.9 Å². The van der Waals surface area contributed by atoms with Crippen LogP contribution < -0.4 is 15.4 Å². The van der Waals surface area contributed by atoms with Gasteiger partial charge in [0.05, 0.1) is 11.4 Å². The van der Waals surface area contributed by atoms with Crippen LogP contribution >= 0.6 is 11.3 Å². The highest BCUT2D eigenvalue weighted by Gasteiger charge is 2.17. The molecular formula is C17H19N3O6S2. The maximum absolute atomic E-state index is 12.1. The summed E-state index contributed by atoms with van der Waals surface area (Å²) in [6, 6.07) is 9.00. The van der Waals surface area contributed by atoms with E-state index < -0.39 is 41.1 Å². The Balaban J connectivity index is 1.69. The van der Waals surface area contributed by atoms with E-state index in [0.717, 1.165) is 10.4 Å². The summed E-state index contributed by atoms with van der Waals surface area (Å²) in [5, 5.41) is 6.33. The largest absolute Gasteiger partial charge is 0.455 e. The van der Waals surface area contributed by atoms with Gasteiger partial charge in [0.2, 0.25) is 10.0 Å². The minimum absolute atomic E-state index is 0.00561. The smallest absolute Gasteiger partial charge is 0.321 e. The van der Waals surface area contributed by atoms with E-state index in [1.165, 1.54) is 23.5 Å². The van der Waals surface area contributed by atoms with Crippen LogP contribution in [0.5, 0.6) is 0 Å². The predicted octanol–water partition coefficient (Wildman–Crippen LogP) is 0.904. The molecule has 0 spiro atoms. The van der Waals surface area contributed by atoms with Crippen LogP contribution in [0.3, 0.4) is 0 Å². The number of nitrogens with one attached hydrogen (secondary N) is 3. The molecule has 0 bridgehead atoms. The van der Waals surface area contributed by atoms with Gasteiger partial charge in [0.15, 0.2) is 6.61 Å². The van der Waals surface area contributed by atoms with Gasteiger partial charge < -0.3 is 10.1 Å². The maximum atomic E-state index is 12.1. The lowest BCUT2D eigenvalue weighted by Gasteiger charge is -2.08. The lowest BCUT2D eigenvalue weighted by atomic mass is 10.2. The number of urea groups is 1. The molecular weight excluding hydrogens is 406 g/mol. The van der Waals surface area contributed by atoms with Crippen LogP contribution in [0, 0.1) is 6.92 Å². The first-order chi connectivity index (χ1) is 13.3. The summed E-state index contributed by atoms with van der Waals surface area (Å²) in [7, 11) is -3.87. The van der Waals surface area contributed by atoms with Crippen LogP contribution in [0.2, 0.25) is 0 Å². The molecule has 0 saturated carbocycles. The fourth-order valence-corrected chi connectivity index (χ4v) is 3.55. The van der Waals surface area contributed by atoms with Gasteiger partial charge >= 0.3 is 12.0 Å². The second-order valence-electron chi connectivity index (χ2n) is 5.61. The summed E-state index contributed by atoms with van der Waals surface area (Å²) in [4.78, 5) is 35.7. The lowest BCUT2D eigenvalue weighted by molar-refractivity contribution is -0.147. The zero-order valence-corrected chi connectivity index (χ0v) is 16.6. The molecule has 0 saturated heterocycles. The minimum Gasteiger partial charge on any atom is -0.455 e. The third-order valence-electron chi connectivity index (χ3n) is 3.36. The van der Waals surface area contributed by atoms with Crippen LogP contribution in [0.1, 0.15) is 10.4 Å². The van der Waals surface area contributed by atoms with Crippen LogP contribution in [0.4, 0.5) is 4.79 Å². The van der Waals surface area contributed by atoms with Crippen molar-refractivity contribution in [2.75, 3.05) is 13.2 Å². The molecule has 1 heterocycles. The number of aryl methyl sites for hydroxylation is 1. The third-order valence-corrected chi connectivity index (χ3v) is 5.65. The highest BCUT2D eigenvalue weighted by atomic mass is 32.2. The Hall–Kier alpha value is -2.76. The number of ether oxygens (including phenoxy) is 1. The standard InChI is InChI=1S/C17H19N3O6S2/c1-12-4-6-14(7-5-12)28(24,25)19-10-16(22)26-11-15(21)20-17(23)18-9-13-3-2-8-27-13/h2-8,19H,9-11H2,1H3,(H2,18,20,21,23). The Morgan fingerprint density at radius 2 is 1.82 bits per heavy atom. The molecule has 150 valence electrons. The number of rotatable bonds is 8. The number of carbonyl (C=O) groups excluding carboxylic acids is 3. The van der Waals surface area contributed by atoms with Crippen molar-refractivity contribution in [1.82, 2.24) is 15.4 Å². The zero-order chi connectivity index (χ0) is 20.6. The van der Waals surface area contributed by atoms with E-state index >= 15 is 0 Å². The molecule has 0 unspecified atom stereocenters. The molecule has 11 heteroatoms. The van der Waals surface area contributed by atoms with Crippen LogP contribution in [-0.4, -0.2) is 39.5 Å². The Bertz CT molecular complexity index is 924. The van der Waals surface area contributed by atoms with Crippen molar-refractivity contribution in [2.24, 2.45) is 0 Å². The maximum Gasteiger partial charge on any atom is 0.321 e. The predicted molar refractivity (Wildman–Crippen MR) is 102 cm³/mol. The summed E-state index contributed by atoms with van der Waals surface area (Å²) >= 11 is 1.45. The molecule has 0 radical (unpaired) electrons. The molecule has 0 aliphatic carbocycles. The SMILES string of the molecule is Cc1ccc(S(=O)(=O)NCC(=O)OCC(=O)NC(=O)NCc2cccs2)cc1. The van der Waals surface area contributed by atoms with Crippen molar-refractivity contribution in [3.05, 3.63) is 52.2 Å². The first kappa shape index (κ1) is 21.5. The summed E-state index contributed by atoms with van der Waals surface area (Å²) < 4.78 is 30.8. The van der Waals surface area contributed by atoms with E-state index in [1.807, 2.05) is 29.8 Å². The van der Waals surface area contributed by atoms with E-state index in [1.54, 1.807) is 12.1 Å². The molecule has 0 atom stereocenters. The quantitative estimate of drug-likeness (QED) is 0.539. The second-order valence-corrected chi connectivity index (χ2v) is 8.41. The van der Waals surface area contributed by atoms with Crippen molar-refractivity contribution >= 4 is 39.3 Å². The number of esters is 1. The fourth-order valence-electron chi connectivity index (χ4n) is 1.94. The Morgan fingerprint density at radius 1 is 1.11 bits per heavy atom. The van der Waals surface area contributed by atoms with Gasteiger partial charge in [-0.15, -0.1) is 11.3 Å². The Morgan fingerprint density at radius 3 is 2.46 bits per heavy atom. The number of imide groups is 1. The summed E-state index contributed by atoms with van der Waals surface area (Å²) in [6.45, 7) is 0.720. The highest BCUT2D eigenvalue weighted by molar-refractivity contribution is 7.89. The molecule has 0 fully saturated rings. The molecule has 28 heavy (non-hydrogen) atoms. The number of carbonyl (C=O) groups is 3. The van der Waals surface area contributed by atoms with E-state index in [0.29, 0.717) is 0 Å². The second kappa shape index (κ2) is 9.97. The van der Waals surface area contributed by atoms with Gasteiger partial charge in [-0.2, -0.15) is 4.72 Å². The highest BCUT2D eigenvalue weighted by Crippen LogP contribution is 2.09. The molecule has 9 nitrogen and oxygen atoms in total. The van der Waals surface area contributed by atoms with Gasteiger partial charge in [0.1, 0.15) is 6.54 Å². The summed E-state index contributed by atoms with van der Waals surface area (Å²) in [5.41, 5.74) is 0.892. The minimum atomic E-state index is -3.87. The van der Waals surface area contributed by atoms with Gasteiger partial charge in [-0.3, -0.25) is 14.9 Å². The van der Waals surface area contributed by atoms with Gasteiger partial charge in [-0.25, -0.2) is 13.2 Å². The molecule has 3 amide bonds. The van der Waals surface area contributed by atoms with E-state index in [9.17, 15) is 22.8 Å². The van der Waals surface area contributed by atoms with Gasteiger partial charge in [-0.1, -0.05) is 23.8 Å². The fraction of sp³-hybridized carbons (Fsp3) is 0.235. The first-order valence-electron chi connectivity index (χ1n) is 8.08. The molecule has 2 aromatic rings. The van der Waals surface area contributed by atoms with Crippen LogP contribution in [0.15, 0.2) is 46.7 Å². The average Bonchev–Trinajstić information content (AvgIpc) is 3.17. The molecule has 1 aromatic carbocycles. The van der Waals surface area contributed by atoms with Gasteiger partial charge in [0, 0.05) is 4.88 Å². The van der Waals surface area contributed by atoms with Crippen molar-refractivity contribution in [2.45, 2.75) is 18.4 Å². The van der Waals surface area contributed by atoms with E-state index in [4.69, 9.17) is 0 Å². The lowest BCUT2D eigenvalue weighted by Crippen LogP contribution is -2.41. The molecule has 3 N–H and O–H groups in total. The normalized spacial score (nSPS) is 10.9. The number of hydrogen-bond acceptors (Lipinski definition) is 7. The van der Waals surface area contributed by atoms with Gasteiger partial charge in [0.25, 0.3) is 5.91 Å². The van der Waals surface area contributed by atoms with Crippen molar-refractivity contribution in [3.8, 4) is 0 Å². The topological polar surface area (TPSA) is 131 Å². The number of sulfonamides is 1. The summed E-state index contributed by atoms with van der Waals surface area (Å²) in [5.74, 6) is -1.79. The van der Waals surface area contributed by atoms with E-state index in [-0.39, 0.29) is 11.4 Å². The van der Waals surface area contributed by atoms with Crippen molar-refractivity contribution in [1.29, 1.82) is 0 Å². The summed E-state index contributed by atoms with van der Waals surface area (Å²) in [6.07, 6.45) is 0. The molecule has 2 rings (SSSR count). The Kier molecular flexibility index (Phi) is 7.67. The van der Waals surface area contributed by atoms with Crippen molar-refractivity contribution < 1.29 is 27.5 Å². The Labute approximate surface area is 166 Å². The average molecular weight is 425 g/mol. The first-order valence-corrected chi connectivity index (χ1v) is 10.4. The third kappa shape index (κ3) is 7.10. The molecule has 0 aliphatic heterocycles. The molecule has 0 aliphatic rings. The molecule has 1 aromatic heterocycles. The number of hydrogen-bond donors (Lipinski definition) is 3. The van der Waals surface area contributed by atoms with E-state index in [2.05, 4.69) is 14.8 Å². The van der Waals surface area contributed by atoms with Crippen LogP contribution in [0.25, 0.3) is 0 Å². The number of thiophene rings is 1. The zero-order valence-electron chi connectivity index (χ0n) is 14.9. The number of amides is 3.